The van der Waals surface area contributed by atoms with Crippen LogP contribution in [0.2, 0.25) is 0 Å². The smallest absolute Gasteiger partial charge is 0.265 e. The molecule has 5 N–H and O–H groups in total. The predicted octanol–water partition coefficient (Wildman–Crippen LogP) is 1.61. The molecule has 2 aromatic carbocycles. The van der Waals surface area contributed by atoms with Gasteiger partial charge >= 0.3 is 0 Å². The van der Waals surface area contributed by atoms with E-state index in [1.165, 1.54) is 38.0 Å². The van der Waals surface area contributed by atoms with Crippen LogP contribution in [0.3, 0.4) is 0 Å². The predicted molar refractivity (Wildman–Crippen MR) is 129 cm³/mol. The highest BCUT2D eigenvalue weighted by atomic mass is 16.5. The number of para-hydroxylation sites is 1. The molecule has 0 saturated carbocycles. The molecule has 1 heterocycles. The van der Waals surface area contributed by atoms with Crippen LogP contribution in [0.25, 0.3) is 10.9 Å². The number of methoxy groups -OCH3 is 2. The maximum absolute atomic E-state index is 13.5. The molecule has 35 heavy (non-hydrogen) atoms. The Morgan fingerprint density at radius 2 is 1.63 bits per heavy atom. The second kappa shape index (κ2) is 10.3. The van der Waals surface area contributed by atoms with Crippen LogP contribution in [-0.4, -0.2) is 63.7 Å². The van der Waals surface area contributed by atoms with Gasteiger partial charge in [0, 0.05) is 24.9 Å². The van der Waals surface area contributed by atoms with Crippen molar-refractivity contribution in [1.82, 2.24) is 9.88 Å². The van der Waals surface area contributed by atoms with E-state index in [0.29, 0.717) is 16.5 Å². The van der Waals surface area contributed by atoms with Gasteiger partial charge in [0.15, 0.2) is 17.3 Å². The number of aliphatic hydroxyl groups excluding tert-OH is 2. The van der Waals surface area contributed by atoms with Gasteiger partial charge in [-0.05, 0) is 36.8 Å². The highest BCUT2D eigenvalue weighted by Crippen LogP contribution is 2.40. The largest absolute Gasteiger partial charge is 0.506 e. The van der Waals surface area contributed by atoms with Gasteiger partial charge in [-0.1, -0.05) is 12.1 Å². The van der Waals surface area contributed by atoms with E-state index in [1.807, 2.05) is 0 Å². The first-order chi connectivity index (χ1) is 16.6. The fourth-order valence-electron chi connectivity index (χ4n) is 3.95. The highest BCUT2D eigenvalue weighted by molar-refractivity contribution is 6.03. The number of aromatic nitrogens is 1. The molecular weight excluding hydrogens is 456 g/mol. The van der Waals surface area contributed by atoms with Crippen LogP contribution in [0.4, 0.5) is 0 Å². The fourth-order valence-corrected chi connectivity index (χ4v) is 3.95. The second-order valence-electron chi connectivity index (χ2n) is 8.58. The number of rotatable bonds is 10. The van der Waals surface area contributed by atoms with E-state index in [4.69, 9.17) is 9.47 Å². The Morgan fingerprint density at radius 1 is 1.06 bits per heavy atom. The molecule has 1 unspecified atom stereocenters. The summed E-state index contributed by atoms with van der Waals surface area (Å²) in [5.41, 5.74) is -1.32. The maximum Gasteiger partial charge on any atom is 0.265 e. The molecule has 1 aromatic heterocycles. The molecule has 0 aliphatic heterocycles. The molecule has 0 radical (unpaired) electrons. The van der Waals surface area contributed by atoms with E-state index in [-0.39, 0.29) is 29.2 Å². The van der Waals surface area contributed by atoms with E-state index in [9.17, 15) is 30.0 Å². The number of ketones is 1. The Labute approximate surface area is 202 Å². The second-order valence-corrected chi connectivity index (χ2v) is 8.58. The van der Waals surface area contributed by atoms with Crippen molar-refractivity contribution in [2.75, 3.05) is 27.4 Å². The van der Waals surface area contributed by atoms with Crippen molar-refractivity contribution in [3.63, 3.8) is 0 Å². The summed E-state index contributed by atoms with van der Waals surface area (Å²) in [5, 5.41) is 44.2. The molecule has 0 saturated heterocycles. The van der Waals surface area contributed by atoms with E-state index >= 15 is 0 Å². The number of phenolic OH excluding ortho intramolecular Hbond substituents is 1. The van der Waals surface area contributed by atoms with Gasteiger partial charge in [-0.2, -0.15) is 0 Å². The topological polar surface area (TPSA) is 150 Å². The Morgan fingerprint density at radius 3 is 2.17 bits per heavy atom. The lowest BCUT2D eigenvalue weighted by atomic mass is 9.93. The summed E-state index contributed by atoms with van der Waals surface area (Å²) in [4.78, 5) is 26.5. The Balaban J connectivity index is 2.13. The van der Waals surface area contributed by atoms with Crippen molar-refractivity contribution in [3.8, 4) is 23.0 Å². The number of pyridine rings is 1. The van der Waals surface area contributed by atoms with Crippen molar-refractivity contribution in [1.29, 1.82) is 0 Å². The monoisotopic (exact) mass is 486 g/mol. The number of ether oxygens (including phenoxy) is 2. The summed E-state index contributed by atoms with van der Waals surface area (Å²) in [6.45, 7) is 0.652. The summed E-state index contributed by atoms with van der Waals surface area (Å²) < 4.78 is 11.7. The van der Waals surface area contributed by atoms with Gasteiger partial charge in [-0.15, -0.1) is 0 Å². The zero-order valence-corrected chi connectivity index (χ0v) is 20.0. The SMILES string of the molecule is COc1cc(C(CC(=O)c2c(O)c3ccccc3n(C)c2=O)NC(C)(CO)CO)cc(OC)c1O. The van der Waals surface area contributed by atoms with Gasteiger partial charge in [0.2, 0.25) is 5.75 Å². The third-order valence-corrected chi connectivity index (χ3v) is 6.07. The molecular formula is C25H30N2O8. The van der Waals surface area contributed by atoms with Crippen LogP contribution in [-0.2, 0) is 7.05 Å². The van der Waals surface area contributed by atoms with Crippen LogP contribution in [0, 0.1) is 0 Å². The summed E-state index contributed by atoms with van der Waals surface area (Å²) in [5.74, 6) is -1.15. The van der Waals surface area contributed by atoms with Crippen molar-refractivity contribution < 1.29 is 34.7 Å². The molecule has 188 valence electrons. The standard InChI is InChI=1S/C25H30N2O8/c1-25(12-28,13-29)26-16(14-9-19(34-3)23(32)20(10-14)35-4)11-18(30)21-22(31)15-7-5-6-8-17(15)27(2)24(21)33/h5-10,16,26,28-29,31-32H,11-13H2,1-4H3. The number of aliphatic hydroxyl groups is 2. The molecule has 0 fully saturated rings. The van der Waals surface area contributed by atoms with Gasteiger partial charge in [-0.25, -0.2) is 0 Å². The summed E-state index contributed by atoms with van der Waals surface area (Å²) in [7, 11) is 4.23. The van der Waals surface area contributed by atoms with E-state index in [1.54, 1.807) is 31.2 Å². The third-order valence-electron chi connectivity index (χ3n) is 6.07. The number of carbonyl (C=O) groups excluding carboxylic acids is 1. The molecule has 0 aliphatic rings. The Kier molecular flexibility index (Phi) is 7.69. The molecule has 0 aliphatic carbocycles. The van der Waals surface area contributed by atoms with Crippen LogP contribution < -0.4 is 20.3 Å². The Hall–Kier alpha value is -3.60. The highest BCUT2D eigenvalue weighted by Gasteiger charge is 2.31. The van der Waals surface area contributed by atoms with Crippen LogP contribution in [0.15, 0.2) is 41.2 Å². The Bertz CT molecular complexity index is 1270. The number of aryl methyl sites for hydroxylation is 1. The number of hydrogen-bond donors (Lipinski definition) is 5. The quantitative estimate of drug-likeness (QED) is 0.269. The average Bonchev–Trinajstić information content (AvgIpc) is 2.87. The lowest BCUT2D eigenvalue weighted by Crippen LogP contribution is -2.51. The van der Waals surface area contributed by atoms with Crippen molar-refractivity contribution in [3.05, 3.63) is 57.9 Å². The molecule has 0 spiro atoms. The number of Topliss-reactive ketones (excluding diaryl/α,β-unsaturated/α-hetero) is 1. The van der Waals surface area contributed by atoms with Gasteiger partial charge in [0.1, 0.15) is 11.3 Å². The fraction of sp³-hybridized carbons (Fsp3) is 0.360. The zero-order chi connectivity index (χ0) is 25.9. The number of carbonyl (C=O) groups is 1. The molecule has 0 amide bonds. The first-order valence-corrected chi connectivity index (χ1v) is 10.9. The van der Waals surface area contributed by atoms with Crippen molar-refractivity contribution in [2.45, 2.75) is 24.9 Å². The molecule has 0 bridgehead atoms. The number of phenols is 1. The summed E-state index contributed by atoms with van der Waals surface area (Å²) in [6.07, 6.45) is -0.326. The minimum atomic E-state index is -1.19. The average molecular weight is 487 g/mol. The van der Waals surface area contributed by atoms with Crippen LogP contribution >= 0.6 is 0 Å². The lowest BCUT2D eigenvalue weighted by molar-refractivity contribution is 0.0837. The lowest BCUT2D eigenvalue weighted by Gasteiger charge is -2.32. The van der Waals surface area contributed by atoms with E-state index in [0.717, 1.165) is 0 Å². The van der Waals surface area contributed by atoms with Crippen molar-refractivity contribution >= 4 is 16.7 Å². The molecule has 3 aromatic rings. The van der Waals surface area contributed by atoms with Crippen LogP contribution in [0.5, 0.6) is 23.0 Å². The molecule has 3 rings (SSSR count). The minimum Gasteiger partial charge on any atom is -0.506 e. The number of benzene rings is 2. The van der Waals surface area contributed by atoms with Crippen LogP contribution in [0.1, 0.15) is 35.3 Å². The number of aromatic hydroxyl groups is 2. The maximum atomic E-state index is 13.5. The normalized spacial score (nSPS) is 12.5. The number of nitrogens with zero attached hydrogens (tertiary/aromatic N) is 1. The van der Waals surface area contributed by atoms with Gasteiger partial charge in [-0.3, -0.25) is 9.59 Å². The van der Waals surface area contributed by atoms with Gasteiger partial charge in [0.05, 0.1) is 38.5 Å². The van der Waals surface area contributed by atoms with Crippen molar-refractivity contribution in [2.24, 2.45) is 7.05 Å². The number of fused-ring (bicyclic) bond motifs is 1. The first-order valence-electron chi connectivity index (χ1n) is 10.9. The summed E-state index contributed by atoms with van der Waals surface area (Å²) >= 11 is 0. The van der Waals surface area contributed by atoms with E-state index < -0.39 is 41.9 Å². The minimum absolute atomic E-state index is 0.0813. The van der Waals surface area contributed by atoms with E-state index in [2.05, 4.69) is 5.32 Å². The number of hydrogen-bond acceptors (Lipinski definition) is 9. The third kappa shape index (κ3) is 4.95. The zero-order valence-electron chi connectivity index (χ0n) is 20.0. The first kappa shape index (κ1) is 26.0. The number of nitrogens with one attached hydrogen (secondary N) is 1. The van der Waals surface area contributed by atoms with Gasteiger partial charge < -0.3 is 39.8 Å². The van der Waals surface area contributed by atoms with Gasteiger partial charge in [0.25, 0.3) is 5.56 Å². The summed E-state index contributed by atoms with van der Waals surface area (Å²) in [6, 6.07) is 8.78. The molecule has 1 atom stereocenters. The molecule has 10 heteroatoms. The molecule has 10 nitrogen and oxygen atoms in total.